The van der Waals surface area contributed by atoms with Crippen LogP contribution < -0.4 is 15.4 Å². The van der Waals surface area contributed by atoms with Crippen molar-refractivity contribution in [3.8, 4) is 11.3 Å². The van der Waals surface area contributed by atoms with E-state index in [1.54, 1.807) is 12.4 Å². The first-order valence-corrected chi connectivity index (χ1v) is 9.63. The summed E-state index contributed by atoms with van der Waals surface area (Å²) in [5.74, 6) is 1.62. The first-order chi connectivity index (χ1) is 14.3. The summed E-state index contributed by atoms with van der Waals surface area (Å²) in [6, 6.07) is 15.6. The summed E-state index contributed by atoms with van der Waals surface area (Å²) in [5.41, 5.74) is 1.38. The van der Waals surface area contributed by atoms with Gasteiger partial charge in [0, 0.05) is 61.8 Å². The molecule has 1 aliphatic heterocycles. The predicted molar refractivity (Wildman–Crippen MR) is 114 cm³/mol. The normalized spacial score (nSPS) is 14.3. The number of H-pyrrole nitrogens is 1. The SMILES string of the molecule is O=c1cc(-c2ccncc2)nc(N2CCN(c3nccc4ccccc34)CC2)[nH]1. The summed E-state index contributed by atoms with van der Waals surface area (Å²) in [6.45, 7) is 3.13. The smallest absolute Gasteiger partial charge is 0.252 e. The zero-order chi connectivity index (χ0) is 19.6. The van der Waals surface area contributed by atoms with Crippen LogP contribution in [0, 0.1) is 0 Å². The summed E-state index contributed by atoms with van der Waals surface area (Å²) in [4.78, 5) is 32.8. The number of nitrogens with one attached hydrogen (secondary N) is 1. The Morgan fingerprint density at radius 2 is 1.62 bits per heavy atom. The topological polar surface area (TPSA) is 78.0 Å². The first-order valence-electron chi connectivity index (χ1n) is 9.63. The fourth-order valence-electron chi connectivity index (χ4n) is 3.75. The Bertz CT molecular complexity index is 1190. The molecule has 1 aromatic carbocycles. The lowest BCUT2D eigenvalue weighted by Crippen LogP contribution is -2.47. The lowest BCUT2D eigenvalue weighted by molar-refractivity contribution is 0.635. The summed E-state index contributed by atoms with van der Waals surface area (Å²) in [5, 5.41) is 2.35. The number of fused-ring (bicyclic) bond motifs is 1. The Labute approximate surface area is 167 Å². The van der Waals surface area contributed by atoms with Crippen LogP contribution in [0.1, 0.15) is 0 Å². The van der Waals surface area contributed by atoms with Gasteiger partial charge in [0.2, 0.25) is 5.95 Å². The van der Waals surface area contributed by atoms with Gasteiger partial charge in [-0.2, -0.15) is 0 Å². The molecule has 4 aromatic rings. The van der Waals surface area contributed by atoms with E-state index in [-0.39, 0.29) is 5.56 Å². The number of benzene rings is 1. The van der Waals surface area contributed by atoms with Crippen LogP contribution in [0.4, 0.5) is 11.8 Å². The number of aromatic nitrogens is 4. The fourth-order valence-corrected chi connectivity index (χ4v) is 3.75. The lowest BCUT2D eigenvalue weighted by atomic mass is 10.1. The molecule has 0 spiro atoms. The third-order valence-corrected chi connectivity index (χ3v) is 5.24. The van der Waals surface area contributed by atoms with Gasteiger partial charge in [-0.3, -0.25) is 14.8 Å². The molecule has 144 valence electrons. The zero-order valence-electron chi connectivity index (χ0n) is 15.8. The fraction of sp³-hybridized carbons (Fsp3) is 0.182. The molecular formula is C22H20N6O. The molecule has 1 fully saturated rings. The molecule has 0 aliphatic carbocycles. The van der Waals surface area contributed by atoms with Gasteiger partial charge < -0.3 is 9.80 Å². The van der Waals surface area contributed by atoms with Gasteiger partial charge in [0.15, 0.2) is 0 Å². The van der Waals surface area contributed by atoms with Crippen molar-refractivity contribution < 1.29 is 0 Å². The summed E-state index contributed by atoms with van der Waals surface area (Å²) in [6.07, 6.45) is 5.27. The van der Waals surface area contributed by atoms with E-state index in [1.807, 2.05) is 36.5 Å². The van der Waals surface area contributed by atoms with Crippen molar-refractivity contribution >= 4 is 22.5 Å². The second-order valence-corrected chi connectivity index (χ2v) is 7.02. The Kier molecular flexibility index (Phi) is 4.40. The first kappa shape index (κ1) is 17.4. The van der Waals surface area contributed by atoms with Crippen molar-refractivity contribution in [2.45, 2.75) is 0 Å². The van der Waals surface area contributed by atoms with Gasteiger partial charge in [-0.25, -0.2) is 9.97 Å². The number of rotatable bonds is 3. The maximum atomic E-state index is 12.2. The van der Waals surface area contributed by atoms with E-state index in [0.717, 1.165) is 42.9 Å². The van der Waals surface area contributed by atoms with Crippen molar-refractivity contribution in [2.24, 2.45) is 0 Å². The molecule has 4 heterocycles. The highest BCUT2D eigenvalue weighted by Crippen LogP contribution is 2.25. The van der Waals surface area contributed by atoms with Crippen LogP contribution >= 0.6 is 0 Å². The third-order valence-electron chi connectivity index (χ3n) is 5.24. The molecule has 0 atom stereocenters. The molecule has 1 N–H and O–H groups in total. The molecular weight excluding hydrogens is 364 g/mol. The van der Waals surface area contributed by atoms with Crippen LogP contribution in [0.15, 0.2) is 71.9 Å². The summed E-state index contributed by atoms with van der Waals surface area (Å²) >= 11 is 0. The highest BCUT2D eigenvalue weighted by atomic mass is 16.1. The maximum absolute atomic E-state index is 12.2. The number of piperazine rings is 1. The number of hydrogen-bond acceptors (Lipinski definition) is 6. The molecule has 0 unspecified atom stereocenters. The third kappa shape index (κ3) is 3.42. The van der Waals surface area contributed by atoms with E-state index in [0.29, 0.717) is 11.6 Å². The van der Waals surface area contributed by atoms with Crippen molar-refractivity contribution in [2.75, 3.05) is 36.0 Å². The van der Waals surface area contributed by atoms with Crippen LogP contribution in [-0.2, 0) is 0 Å². The number of pyridine rings is 2. The van der Waals surface area contributed by atoms with E-state index < -0.39 is 0 Å². The molecule has 5 rings (SSSR count). The Balaban J connectivity index is 1.38. The van der Waals surface area contributed by atoms with Crippen molar-refractivity contribution in [3.05, 3.63) is 77.5 Å². The van der Waals surface area contributed by atoms with E-state index in [4.69, 9.17) is 0 Å². The number of hydrogen-bond donors (Lipinski definition) is 1. The molecule has 0 saturated carbocycles. The van der Waals surface area contributed by atoms with Crippen molar-refractivity contribution in [1.82, 2.24) is 19.9 Å². The monoisotopic (exact) mass is 384 g/mol. The average molecular weight is 384 g/mol. The van der Waals surface area contributed by atoms with Crippen LogP contribution in [0.3, 0.4) is 0 Å². The van der Waals surface area contributed by atoms with Gasteiger partial charge in [0.05, 0.1) is 5.69 Å². The predicted octanol–water partition coefficient (Wildman–Crippen LogP) is 2.71. The van der Waals surface area contributed by atoms with Gasteiger partial charge in [-0.05, 0) is 23.6 Å². The molecule has 1 saturated heterocycles. The van der Waals surface area contributed by atoms with Crippen LogP contribution in [-0.4, -0.2) is 46.1 Å². The number of anilines is 2. The Morgan fingerprint density at radius 1 is 0.862 bits per heavy atom. The minimum absolute atomic E-state index is 0.153. The number of aromatic amines is 1. The average Bonchev–Trinajstić information content (AvgIpc) is 2.79. The molecule has 1 aliphatic rings. The Hall–Kier alpha value is -3.74. The van der Waals surface area contributed by atoms with E-state index in [1.165, 1.54) is 11.5 Å². The van der Waals surface area contributed by atoms with E-state index in [9.17, 15) is 4.79 Å². The van der Waals surface area contributed by atoms with Gasteiger partial charge in [0.25, 0.3) is 5.56 Å². The van der Waals surface area contributed by atoms with Gasteiger partial charge in [-0.15, -0.1) is 0 Å². The minimum Gasteiger partial charge on any atom is -0.353 e. The highest BCUT2D eigenvalue weighted by molar-refractivity contribution is 5.92. The van der Waals surface area contributed by atoms with Crippen molar-refractivity contribution in [3.63, 3.8) is 0 Å². The molecule has 7 nitrogen and oxygen atoms in total. The molecule has 0 amide bonds. The van der Waals surface area contributed by atoms with Crippen LogP contribution in [0.25, 0.3) is 22.0 Å². The zero-order valence-corrected chi connectivity index (χ0v) is 15.8. The molecule has 3 aromatic heterocycles. The van der Waals surface area contributed by atoms with Gasteiger partial charge in [0.1, 0.15) is 5.82 Å². The Morgan fingerprint density at radius 3 is 2.45 bits per heavy atom. The van der Waals surface area contributed by atoms with Crippen molar-refractivity contribution in [1.29, 1.82) is 0 Å². The van der Waals surface area contributed by atoms with E-state index >= 15 is 0 Å². The standard InChI is InChI=1S/C22H20N6O/c29-20-15-19(17-5-8-23-9-6-17)25-22(26-20)28-13-11-27(12-14-28)21-18-4-2-1-3-16(18)7-10-24-21/h1-10,15H,11-14H2,(H,25,26,29). The second kappa shape index (κ2) is 7.35. The van der Waals surface area contributed by atoms with E-state index in [2.05, 4.69) is 41.9 Å². The largest absolute Gasteiger partial charge is 0.353 e. The number of nitrogens with zero attached hydrogens (tertiary/aromatic N) is 5. The maximum Gasteiger partial charge on any atom is 0.252 e. The second-order valence-electron chi connectivity index (χ2n) is 7.02. The van der Waals surface area contributed by atoms with Gasteiger partial charge >= 0.3 is 0 Å². The summed E-state index contributed by atoms with van der Waals surface area (Å²) in [7, 11) is 0. The summed E-state index contributed by atoms with van der Waals surface area (Å²) < 4.78 is 0. The lowest BCUT2D eigenvalue weighted by Gasteiger charge is -2.36. The molecule has 0 radical (unpaired) electrons. The van der Waals surface area contributed by atoms with Crippen LogP contribution in [0.5, 0.6) is 0 Å². The molecule has 29 heavy (non-hydrogen) atoms. The highest BCUT2D eigenvalue weighted by Gasteiger charge is 2.21. The minimum atomic E-state index is -0.153. The molecule has 7 heteroatoms. The van der Waals surface area contributed by atoms with Crippen LogP contribution in [0.2, 0.25) is 0 Å². The van der Waals surface area contributed by atoms with Gasteiger partial charge in [-0.1, -0.05) is 24.3 Å². The quantitative estimate of drug-likeness (QED) is 0.585. The molecule has 0 bridgehead atoms.